The number of halogens is 3. The van der Waals surface area contributed by atoms with Gasteiger partial charge in [-0.05, 0) is 24.7 Å². The minimum Gasteiger partial charge on any atom is -0.332 e. The number of carbonyl (C=O) groups is 1. The molecular weight excluding hydrogens is 401 g/mol. The van der Waals surface area contributed by atoms with Crippen LogP contribution in [0.1, 0.15) is 15.9 Å². The van der Waals surface area contributed by atoms with E-state index in [0.29, 0.717) is 6.54 Å². The quantitative estimate of drug-likeness (QED) is 0.332. The van der Waals surface area contributed by atoms with Crippen molar-refractivity contribution < 1.29 is 9.72 Å². The van der Waals surface area contributed by atoms with Crippen LogP contribution in [0.2, 0.25) is 0 Å². The molecule has 26 heavy (non-hydrogen) atoms. The standard InChI is InChI=1S/C17H16Cl3N3O3/c1-22(11-12-5-3-2-4-6-12)16(17(18,19)20)21-15(24)13-7-9-14(10-8-13)23(25)26/h2-10,16H,11H2,1H3,(H,21,24). The highest BCUT2D eigenvalue weighted by Crippen LogP contribution is 2.32. The number of nitrogens with one attached hydrogen (secondary N) is 1. The largest absolute Gasteiger partial charge is 0.332 e. The van der Waals surface area contributed by atoms with Gasteiger partial charge in [-0.1, -0.05) is 65.1 Å². The van der Waals surface area contributed by atoms with Crippen LogP contribution in [0.25, 0.3) is 0 Å². The topological polar surface area (TPSA) is 75.5 Å². The Morgan fingerprint density at radius 1 is 1.15 bits per heavy atom. The molecule has 0 spiro atoms. The number of alkyl halides is 3. The summed E-state index contributed by atoms with van der Waals surface area (Å²) in [5, 5.41) is 13.4. The number of benzene rings is 2. The first-order chi connectivity index (χ1) is 12.2. The van der Waals surface area contributed by atoms with Gasteiger partial charge in [-0.15, -0.1) is 0 Å². The van der Waals surface area contributed by atoms with Crippen molar-refractivity contribution in [2.24, 2.45) is 0 Å². The lowest BCUT2D eigenvalue weighted by atomic mass is 10.2. The number of nitrogens with zero attached hydrogens (tertiary/aromatic N) is 2. The Hall–Kier alpha value is -1.86. The van der Waals surface area contributed by atoms with E-state index in [4.69, 9.17) is 34.8 Å². The number of non-ortho nitro benzene ring substituents is 1. The van der Waals surface area contributed by atoms with Crippen molar-refractivity contribution in [2.45, 2.75) is 16.5 Å². The average molecular weight is 417 g/mol. The highest BCUT2D eigenvalue weighted by atomic mass is 35.6. The Labute approximate surface area is 165 Å². The van der Waals surface area contributed by atoms with Crippen LogP contribution in [0, 0.1) is 10.1 Å². The van der Waals surface area contributed by atoms with E-state index in [1.807, 2.05) is 30.3 Å². The average Bonchev–Trinajstić information content (AvgIpc) is 2.59. The summed E-state index contributed by atoms with van der Waals surface area (Å²) >= 11 is 18.1. The highest BCUT2D eigenvalue weighted by molar-refractivity contribution is 6.68. The summed E-state index contributed by atoms with van der Waals surface area (Å²) < 4.78 is -1.78. The maximum absolute atomic E-state index is 12.5. The van der Waals surface area contributed by atoms with Crippen LogP contribution >= 0.6 is 34.8 Å². The summed E-state index contributed by atoms with van der Waals surface area (Å²) in [5.41, 5.74) is 1.10. The van der Waals surface area contributed by atoms with Crippen LogP contribution in [-0.4, -0.2) is 32.7 Å². The van der Waals surface area contributed by atoms with Gasteiger partial charge >= 0.3 is 0 Å². The molecule has 1 amide bonds. The maximum atomic E-state index is 12.5. The van der Waals surface area contributed by atoms with Gasteiger partial charge in [0.25, 0.3) is 11.6 Å². The van der Waals surface area contributed by atoms with Crippen molar-refractivity contribution in [1.82, 2.24) is 10.2 Å². The van der Waals surface area contributed by atoms with Gasteiger partial charge in [-0.25, -0.2) is 0 Å². The molecule has 1 unspecified atom stereocenters. The molecule has 2 rings (SSSR count). The van der Waals surface area contributed by atoms with Crippen LogP contribution in [0.5, 0.6) is 0 Å². The summed E-state index contributed by atoms with van der Waals surface area (Å²) in [7, 11) is 1.72. The molecule has 1 N–H and O–H groups in total. The Balaban J connectivity index is 2.14. The summed E-state index contributed by atoms with van der Waals surface area (Å²) in [5.74, 6) is -0.504. The first kappa shape index (κ1) is 20.5. The Morgan fingerprint density at radius 3 is 2.23 bits per heavy atom. The first-order valence-electron chi connectivity index (χ1n) is 7.54. The number of hydrogen-bond donors (Lipinski definition) is 1. The summed E-state index contributed by atoms with van der Waals surface area (Å²) in [4.78, 5) is 24.3. The van der Waals surface area contributed by atoms with Crippen molar-refractivity contribution in [1.29, 1.82) is 0 Å². The number of hydrogen-bond acceptors (Lipinski definition) is 4. The van der Waals surface area contributed by atoms with Gasteiger partial charge in [0.1, 0.15) is 6.17 Å². The molecule has 0 aliphatic heterocycles. The molecule has 0 heterocycles. The van der Waals surface area contributed by atoms with Gasteiger partial charge in [0.05, 0.1) is 4.92 Å². The Morgan fingerprint density at radius 2 is 1.73 bits per heavy atom. The van der Waals surface area contributed by atoms with Crippen LogP contribution < -0.4 is 5.32 Å². The lowest BCUT2D eigenvalue weighted by Crippen LogP contribution is -2.53. The van der Waals surface area contributed by atoms with E-state index >= 15 is 0 Å². The van der Waals surface area contributed by atoms with Crippen molar-refractivity contribution in [2.75, 3.05) is 7.05 Å². The minimum atomic E-state index is -1.78. The molecule has 138 valence electrons. The van der Waals surface area contributed by atoms with Crippen molar-refractivity contribution in [3.63, 3.8) is 0 Å². The summed E-state index contributed by atoms with van der Waals surface area (Å²) in [6, 6.07) is 14.7. The number of rotatable bonds is 6. The molecule has 0 saturated carbocycles. The second-order valence-electron chi connectivity index (χ2n) is 5.62. The molecule has 0 radical (unpaired) electrons. The fraction of sp³-hybridized carbons (Fsp3) is 0.235. The molecule has 9 heteroatoms. The van der Waals surface area contributed by atoms with E-state index in [-0.39, 0.29) is 11.3 Å². The fourth-order valence-electron chi connectivity index (χ4n) is 2.35. The smallest absolute Gasteiger partial charge is 0.269 e. The second kappa shape index (κ2) is 8.68. The SMILES string of the molecule is CN(Cc1ccccc1)C(NC(=O)c1ccc([N+](=O)[O-])cc1)C(Cl)(Cl)Cl. The molecule has 0 aliphatic rings. The molecule has 0 fully saturated rings. The zero-order valence-electron chi connectivity index (χ0n) is 13.7. The Bertz CT molecular complexity index is 764. The van der Waals surface area contributed by atoms with Gasteiger partial charge in [-0.3, -0.25) is 19.8 Å². The fourth-order valence-corrected chi connectivity index (χ4v) is 3.01. The number of carbonyl (C=O) groups excluding carboxylic acids is 1. The van der Waals surface area contributed by atoms with E-state index in [1.54, 1.807) is 11.9 Å². The molecule has 1 atom stereocenters. The molecule has 0 aromatic heterocycles. The predicted octanol–water partition coefficient (Wildman–Crippen LogP) is 4.15. The van der Waals surface area contributed by atoms with E-state index < -0.39 is 20.8 Å². The maximum Gasteiger partial charge on any atom is 0.269 e. The van der Waals surface area contributed by atoms with E-state index in [2.05, 4.69) is 5.32 Å². The molecule has 2 aromatic rings. The van der Waals surface area contributed by atoms with Crippen LogP contribution in [-0.2, 0) is 6.54 Å². The van der Waals surface area contributed by atoms with E-state index in [9.17, 15) is 14.9 Å². The molecule has 0 aliphatic carbocycles. The lowest BCUT2D eigenvalue weighted by Gasteiger charge is -2.33. The van der Waals surface area contributed by atoms with Crippen LogP contribution in [0.15, 0.2) is 54.6 Å². The third-order valence-corrected chi connectivity index (χ3v) is 4.25. The van der Waals surface area contributed by atoms with Gasteiger partial charge < -0.3 is 5.32 Å². The van der Waals surface area contributed by atoms with Crippen molar-refractivity contribution >= 4 is 46.4 Å². The second-order valence-corrected chi connectivity index (χ2v) is 7.99. The third kappa shape index (κ3) is 5.57. The lowest BCUT2D eigenvalue weighted by molar-refractivity contribution is -0.384. The normalized spacial score (nSPS) is 12.7. The molecule has 6 nitrogen and oxygen atoms in total. The van der Waals surface area contributed by atoms with E-state index in [1.165, 1.54) is 24.3 Å². The monoisotopic (exact) mass is 415 g/mol. The van der Waals surface area contributed by atoms with Gasteiger partial charge in [0, 0.05) is 24.2 Å². The van der Waals surface area contributed by atoms with E-state index in [0.717, 1.165) is 5.56 Å². The Kier molecular flexibility index (Phi) is 6.83. The minimum absolute atomic E-state index is 0.110. The van der Waals surface area contributed by atoms with Gasteiger partial charge in [-0.2, -0.15) is 0 Å². The molecule has 2 aromatic carbocycles. The van der Waals surface area contributed by atoms with Crippen molar-refractivity contribution in [3.8, 4) is 0 Å². The zero-order valence-corrected chi connectivity index (χ0v) is 16.0. The summed E-state index contributed by atoms with van der Waals surface area (Å²) in [6.45, 7) is 0.444. The number of nitro groups is 1. The first-order valence-corrected chi connectivity index (χ1v) is 8.68. The third-order valence-electron chi connectivity index (χ3n) is 3.63. The van der Waals surface area contributed by atoms with Crippen LogP contribution in [0.4, 0.5) is 5.69 Å². The molecule has 0 bridgehead atoms. The van der Waals surface area contributed by atoms with Gasteiger partial charge in [0.2, 0.25) is 3.79 Å². The number of amides is 1. The van der Waals surface area contributed by atoms with Crippen LogP contribution in [0.3, 0.4) is 0 Å². The van der Waals surface area contributed by atoms with Crippen molar-refractivity contribution in [3.05, 3.63) is 75.8 Å². The number of nitro benzene ring substituents is 1. The van der Waals surface area contributed by atoms with Gasteiger partial charge in [0.15, 0.2) is 0 Å². The molecule has 0 saturated heterocycles. The zero-order chi connectivity index (χ0) is 19.3. The summed E-state index contributed by atoms with van der Waals surface area (Å²) in [6.07, 6.45) is -0.907. The highest BCUT2D eigenvalue weighted by Gasteiger charge is 2.37. The molecular formula is C17H16Cl3N3O3. The predicted molar refractivity (Wildman–Crippen MR) is 103 cm³/mol.